The monoisotopic (exact) mass is 231 g/mol. The molecule has 0 fully saturated rings. The van der Waals surface area contributed by atoms with Crippen molar-refractivity contribution in [3.05, 3.63) is 34.9 Å². The fourth-order valence-electron chi connectivity index (χ4n) is 2.73. The highest BCUT2D eigenvalue weighted by Crippen LogP contribution is 2.32. The summed E-state index contributed by atoms with van der Waals surface area (Å²) in [7, 11) is 0. The van der Waals surface area contributed by atoms with E-state index >= 15 is 0 Å². The minimum atomic E-state index is 0.578. The normalized spacial score (nSPS) is 22.2. The van der Waals surface area contributed by atoms with Crippen LogP contribution in [0, 0.1) is 12.8 Å². The van der Waals surface area contributed by atoms with E-state index in [-0.39, 0.29) is 0 Å². The molecule has 1 N–H and O–H groups in total. The summed E-state index contributed by atoms with van der Waals surface area (Å²) in [6.45, 7) is 9.12. The van der Waals surface area contributed by atoms with Crippen LogP contribution < -0.4 is 5.32 Å². The first-order valence-corrected chi connectivity index (χ1v) is 6.97. The number of aryl methyl sites for hydroxylation is 2. The van der Waals surface area contributed by atoms with Gasteiger partial charge < -0.3 is 5.32 Å². The molecule has 94 valence electrons. The van der Waals surface area contributed by atoms with E-state index in [1.807, 2.05) is 0 Å². The van der Waals surface area contributed by atoms with Crippen LogP contribution in [0.3, 0.4) is 0 Å². The lowest BCUT2D eigenvalue weighted by molar-refractivity contribution is 0.349. The molecule has 17 heavy (non-hydrogen) atoms. The fourth-order valence-corrected chi connectivity index (χ4v) is 2.73. The molecule has 1 aliphatic rings. The van der Waals surface area contributed by atoms with E-state index in [0.717, 1.165) is 5.92 Å². The highest BCUT2D eigenvalue weighted by atomic mass is 15.0. The van der Waals surface area contributed by atoms with Gasteiger partial charge in [0.15, 0.2) is 0 Å². The number of hydrogen-bond acceptors (Lipinski definition) is 1. The van der Waals surface area contributed by atoms with Gasteiger partial charge in [0.05, 0.1) is 0 Å². The summed E-state index contributed by atoms with van der Waals surface area (Å²) in [6.07, 6.45) is 3.75. The van der Waals surface area contributed by atoms with E-state index in [2.05, 4.69) is 51.2 Å². The van der Waals surface area contributed by atoms with Gasteiger partial charge in [-0.15, -0.1) is 0 Å². The Kier molecular flexibility index (Phi) is 3.88. The van der Waals surface area contributed by atoms with E-state index in [1.165, 1.54) is 24.8 Å². The van der Waals surface area contributed by atoms with Crippen molar-refractivity contribution in [2.45, 2.75) is 59.0 Å². The smallest absolute Gasteiger partial charge is 0.0328 e. The van der Waals surface area contributed by atoms with Gasteiger partial charge in [-0.1, -0.05) is 44.0 Å². The summed E-state index contributed by atoms with van der Waals surface area (Å²) >= 11 is 0. The number of rotatable bonds is 4. The van der Waals surface area contributed by atoms with Crippen LogP contribution in [0.5, 0.6) is 0 Å². The largest absolute Gasteiger partial charge is 0.307 e. The lowest BCUT2D eigenvalue weighted by Gasteiger charge is -2.25. The Balaban J connectivity index is 2.09. The predicted molar refractivity (Wildman–Crippen MR) is 74.3 cm³/mol. The molecule has 0 bridgehead atoms. The third kappa shape index (κ3) is 2.71. The van der Waals surface area contributed by atoms with Crippen molar-refractivity contribution in [1.29, 1.82) is 0 Å². The second-order valence-corrected chi connectivity index (χ2v) is 5.63. The molecule has 1 nitrogen and oxygen atoms in total. The van der Waals surface area contributed by atoms with Crippen LogP contribution in [0.25, 0.3) is 0 Å². The van der Waals surface area contributed by atoms with Crippen molar-refractivity contribution in [3.8, 4) is 0 Å². The van der Waals surface area contributed by atoms with Gasteiger partial charge in [-0.25, -0.2) is 0 Å². The molecular formula is C16H25N. The van der Waals surface area contributed by atoms with Crippen molar-refractivity contribution < 1.29 is 0 Å². The molecule has 0 heterocycles. The molecule has 0 saturated heterocycles. The zero-order chi connectivity index (χ0) is 12.4. The lowest BCUT2D eigenvalue weighted by atomic mass is 9.98. The van der Waals surface area contributed by atoms with Gasteiger partial charge in [0.1, 0.15) is 0 Å². The van der Waals surface area contributed by atoms with Gasteiger partial charge >= 0.3 is 0 Å². The number of hydrogen-bond donors (Lipinski definition) is 1. The van der Waals surface area contributed by atoms with E-state index in [1.54, 1.807) is 11.1 Å². The van der Waals surface area contributed by atoms with Gasteiger partial charge in [0.25, 0.3) is 0 Å². The van der Waals surface area contributed by atoms with Crippen molar-refractivity contribution in [2.75, 3.05) is 0 Å². The van der Waals surface area contributed by atoms with Crippen LogP contribution in [0.2, 0.25) is 0 Å². The molecule has 1 aromatic carbocycles. The van der Waals surface area contributed by atoms with Crippen LogP contribution in [-0.4, -0.2) is 6.04 Å². The summed E-state index contributed by atoms with van der Waals surface area (Å²) < 4.78 is 0. The predicted octanol–water partition coefficient (Wildman–Crippen LogP) is 4.01. The van der Waals surface area contributed by atoms with Crippen molar-refractivity contribution in [2.24, 2.45) is 5.92 Å². The maximum atomic E-state index is 3.81. The first kappa shape index (κ1) is 12.6. The molecule has 1 aromatic rings. The summed E-state index contributed by atoms with van der Waals surface area (Å²) in [4.78, 5) is 0. The van der Waals surface area contributed by atoms with Crippen LogP contribution in [0.1, 0.15) is 56.3 Å². The van der Waals surface area contributed by atoms with Gasteiger partial charge in [0.2, 0.25) is 0 Å². The van der Waals surface area contributed by atoms with Crippen LogP contribution in [0.4, 0.5) is 0 Å². The minimum Gasteiger partial charge on any atom is -0.307 e. The Morgan fingerprint density at radius 3 is 2.82 bits per heavy atom. The maximum absolute atomic E-state index is 3.81. The first-order valence-electron chi connectivity index (χ1n) is 6.97. The third-order valence-electron chi connectivity index (χ3n) is 4.34. The van der Waals surface area contributed by atoms with Crippen molar-refractivity contribution in [3.63, 3.8) is 0 Å². The average molecular weight is 231 g/mol. The second-order valence-electron chi connectivity index (χ2n) is 5.63. The SMILES string of the molecule is CCC(C)C(C)NC1CCc2ccc(C)cc21. The quantitative estimate of drug-likeness (QED) is 0.825. The number of fused-ring (bicyclic) bond motifs is 1. The Morgan fingerprint density at radius 1 is 1.35 bits per heavy atom. The van der Waals surface area contributed by atoms with Gasteiger partial charge in [0, 0.05) is 12.1 Å². The molecule has 0 aliphatic heterocycles. The highest BCUT2D eigenvalue weighted by molar-refractivity contribution is 5.37. The van der Waals surface area contributed by atoms with E-state index < -0.39 is 0 Å². The maximum Gasteiger partial charge on any atom is 0.0328 e. The Hall–Kier alpha value is -0.820. The molecule has 1 aliphatic carbocycles. The fraction of sp³-hybridized carbons (Fsp3) is 0.625. The summed E-state index contributed by atoms with van der Waals surface area (Å²) in [5, 5.41) is 3.81. The Morgan fingerprint density at radius 2 is 2.12 bits per heavy atom. The van der Waals surface area contributed by atoms with Gasteiger partial charge in [-0.3, -0.25) is 0 Å². The first-order chi connectivity index (χ1) is 8.11. The Bertz CT molecular complexity index is 383. The molecule has 0 saturated carbocycles. The summed E-state index contributed by atoms with van der Waals surface area (Å²) in [6, 6.07) is 8.09. The second kappa shape index (κ2) is 5.22. The molecule has 1 heteroatoms. The minimum absolute atomic E-state index is 0.578. The van der Waals surface area contributed by atoms with Crippen LogP contribution >= 0.6 is 0 Å². The topological polar surface area (TPSA) is 12.0 Å². The zero-order valence-corrected chi connectivity index (χ0v) is 11.6. The summed E-state index contributed by atoms with van der Waals surface area (Å²) in [5.41, 5.74) is 4.47. The zero-order valence-electron chi connectivity index (χ0n) is 11.6. The van der Waals surface area contributed by atoms with E-state index in [0.29, 0.717) is 12.1 Å². The van der Waals surface area contributed by atoms with Gasteiger partial charge in [-0.2, -0.15) is 0 Å². The molecular weight excluding hydrogens is 206 g/mol. The molecule has 3 unspecified atom stereocenters. The molecule has 2 rings (SSSR count). The number of nitrogens with one attached hydrogen (secondary N) is 1. The summed E-state index contributed by atoms with van der Waals surface area (Å²) in [5.74, 6) is 0.754. The molecule has 3 atom stereocenters. The average Bonchev–Trinajstić information content (AvgIpc) is 2.71. The van der Waals surface area contributed by atoms with Gasteiger partial charge in [-0.05, 0) is 43.7 Å². The molecule has 0 radical (unpaired) electrons. The highest BCUT2D eigenvalue weighted by Gasteiger charge is 2.24. The number of benzene rings is 1. The Labute approximate surface area is 106 Å². The van der Waals surface area contributed by atoms with Crippen LogP contribution in [-0.2, 0) is 6.42 Å². The van der Waals surface area contributed by atoms with E-state index in [9.17, 15) is 0 Å². The molecule has 0 aromatic heterocycles. The van der Waals surface area contributed by atoms with Crippen molar-refractivity contribution >= 4 is 0 Å². The standard InChI is InChI=1S/C16H25N/c1-5-12(3)13(4)17-16-9-8-14-7-6-11(2)10-15(14)16/h6-7,10,12-13,16-17H,5,8-9H2,1-4H3. The van der Waals surface area contributed by atoms with Crippen molar-refractivity contribution in [1.82, 2.24) is 5.32 Å². The molecule has 0 spiro atoms. The molecule has 0 amide bonds. The third-order valence-corrected chi connectivity index (χ3v) is 4.34. The van der Waals surface area contributed by atoms with Crippen LogP contribution in [0.15, 0.2) is 18.2 Å². The van der Waals surface area contributed by atoms with E-state index in [4.69, 9.17) is 0 Å². The lowest BCUT2D eigenvalue weighted by Crippen LogP contribution is -2.34.